The summed E-state index contributed by atoms with van der Waals surface area (Å²) in [4.78, 5) is 3.36. The Hall–Kier alpha value is -2.02. The van der Waals surface area contributed by atoms with Crippen molar-refractivity contribution in [2.24, 2.45) is 5.73 Å². The van der Waals surface area contributed by atoms with Crippen LogP contribution in [0.2, 0.25) is 0 Å². The van der Waals surface area contributed by atoms with E-state index in [0.717, 1.165) is 17.8 Å². The fourth-order valence-electron chi connectivity index (χ4n) is 1.37. The third-order valence-electron chi connectivity index (χ3n) is 2.30. The van der Waals surface area contributed by atoms with E-state index < -0.39 is 11.9 Å². The van der Waals surface area contributed by atoms with Gasteiger partial charge in [-0.3, -0.25) is 4.98 Å². The highest BCUT2D eigenvalue weighted by atomic mass is 19.4. The second-order valence-corrected chi connectivity index (χ2v) is 3.58. The fourth-order valence-corrected chi connectivity index (χ4v) is 1.37. The quantitative estimate of drug-likeness (QED) is 0.890. The Morgan fingerprint density at radius 2 is 1.94 bits per heavy atom. The second-order valence-electron chi connectivity index (χ2n) is 3.58. The summed E-state index contributed by atoms with van der Waals surface area (Å²) in [6, 6.07) is 3.88. The molecule has 2 aromatic heterocycles. The minimum atomic E-state index is -4.44. The summed E-state index contributed by atoms with van der Waals surface area (Å²) < 4.78 is 37.0. The van der Waals surface area contributed by atoms with Gasteiger partial charge in [0.25, 0.3) is 0 Å². The van der Waals surface area contributed by atoms with Crippen molar-refractivity contribution < 1.29 is 13.2 Å². The molecule has 7 heteroatoms. The molecule has 2 heterocycles. The first-order valence-electron chi connectivity index (χ1n) is 5.06. The molecule has 0 fully saturated rings. The lowest BCUT2D eigenvalue weighted by atomic mass is 10.1. The predicted molar refractivity (Wildman–Crippen MR) is 58.2 cm³/mol. The minimum Gasteiger partial charge on any atom is -0.326 e. The number of hydrogen-bond acceptors (Lipinski definition) is 4. The maximum atomic E-state index is 12.3. The van der Waals surface area contributed by atoms with Crippen LogP contribution in [-0.4, -0.2) is 15.2 Å². The van der Waals surface area contributed by atoms with E-state index in [0.29, 0.717) is 11.3 Å². The summed E-state index contributed by atoms with van der Waals surface area (Å²) >= 11 is 0. The third-order valence-corrected chi connectivity index (χ3v) is 2.30. The molecule has 0 unspecified atom stereocenters. The Bertz CT molecular complexity index is 537. The van der Waals surface area contributed by atoms with Crippen molar-refractivity contribution in [2.45, 2.75) is 12.7 Å². The van der Waals surface area contributed by atoms with E-state index in [1.54, 1.807) is 6.07 Å². The van der Waals surface area contributed by atoms with Crippen LogP contribution in [0.5, 0.6) is 0 Å². The molecule has 0 bridgehead atoms. The van der Waals surface area contributed by atoms with Crippen LogP contribution in [0.25, 0.3) is 11.3 Å². The molecule has 2 rings (SSSR count). The van der Waals surface area contributed by atoms with Crippen molar-refractivity contribution in [1.29, 1.82) is 0 Å². The monoisotopic (exact) mass is 254 g/mol. The van der Waals surface area contributed by atoms with Gasteiger partial charge in [0.05, 0.1) is 11.9 Å². The van der Waals surface area contributed by atoms with Crippen LogP contribution in [-0.2, 0) is 12.7 Å². The zero-order valence-electron chi connectivity index (χ0n) is 9.15. The number of halogens is 3. The zero-order chi connectivity index (χ0) is 13.2. The van der Waals surface area contributed by atoms with Crippen molar-refractivity contribution in [1.82, 2.24) is 15.2 Å². The highest BCUT2D eigenvalue weighted by molar-refractivity contribution is 5.57. The van der Waals surface area contributed by atoms with Crippen LogP contribution in [0.1, 0.15) is 11.3 Å². The van der Waals surface area contributed by atoms with E-state index in [1.165, 1.54) is 12.3 Å². The molecule has 0 radical (unpaired) electrons. The molecule has 2 N–H and O–H groups in total. The molecule has 94 valence electrons. The molecule has 0 aliphatic heterocycles. The van der Waals surface area contributed by atoms with Crippen LogP contribution in [0.4, 0.5) is 13.2 Å². The number of hydrogen-bond donors (Lipinski definition) is 1. The highest BCUT2D eigenvalue weighted by Crippen LogP contribution is 2.28. The molecule has 0 aliphatic rings. The largest absolute Gasteiger partial charge is 0.433 e. The summed E-state index contributed by atoms with van der Waals surface area (Å²) in [5, 5.41) is 7.55. The normalized spacial score (nSPS) is 11.6. The summed E-state index contributed by atoms with van der Waals surface area (Å²) in [7, 11) is 0. The zero-order valence-corrected chi connectivity index (χ0v) is 9.15. The smallest absolute Gasteiger partial charge is 0.326 e. The average Bonchev–Trinajstić information content (AvgIpc) is 2.38. The van der Waals surface area contributed by atoms with Crippen molar-refractivity contribution in [2.75, 3.05) is 0 Å². The molecule has 0 aromatic carbocycles. The molecule has 0 amide bonds. The standard InChI is InChI=1S/C11H9F3N4/c12-11(13,14)10-2-1-8(6-16-10)9-3-7(4-15)5-17-18-9/h1-3,5-6H,4,15H2. The number of aromatic nitrogens is 3. The maximum absolute atomic E-state index is 12.3. The fraction of sp³-hybridized carbons (Fsp3) is 0.182. The van der Waals surface area contributed by atoms with Gasteiger partial charge < -0.3 is 5.73 Å². The number of pyridine rings is 1. The molecule has 18 heavy (non-hydrogen) atoms. The number of rotatable bonds is 2. The van der Waals surface area contributed by atoms with E-state index in [4.69, 9.17) is 5.73 Å². The van der Waals surface area contributed by atoms with Gasteiger partial charge in [0.1, 0.15) is 5.69 Å². The van der Waals surface area contributed by atoms with Gasteiger partial charge in [0.2, 0.25) is 0 Å². The van der Waals surface area contributed by atoms with Crippen LogP contribution >= 0.6 is 0 Å². The Labute approximate surface area is 101 Å². The summed E-state index contributed by atoms with van der Waals surface area (Å²) in [5.74, 6) is 0. The van der Waals surface area contributed by atoms with Crippen LogP contribution in [0.15, 0.2) is 30.6 Å². The van der Waals surface area contributed by atoms with Gasteiger partial charge >= 0.3 is 6.18 Å². The number of alkyl halides is 3. The van der Waals surface area contributed by atoms with E-state index in [1.807, 2.05) is 0 Å². The average molecular weight is 254 g/mol. The number of nitrogens with two attached hydrogens (primary N) is 1. The Balaban J connectivity index is 2.34. The first-order valence-corrected chi connectivity index (χ1v) is 5.06. The van der Waals surface area contributed by atoms with Gasteiger partial charge in [0.15, 0.2) is 0 Å². The van der Waals surface area contributed by atoms with Gasteiger partial charge in [-0.2, -0.15) is 23.4 Å². The van der Waals surface area contributed by atoms with Crippen LogP contribution in [0, 0.1) is 0 Å². The first-order chi connectivity index (χ1) is 8.50. The lowest BCUT2D eigenvalue weighted by Gasteiger charge is -2.06. The molecule has 0 atom stereocenters. The van der Waals surface area contributed by atoms with Crippen molar-refractivity contribution in [3.05, 3.63) is 41.9 Å². The van der Waals surface area contributed by atoms with E-state index >= 15 is 0 Å². The summed E-state index contributed by atoms with van der Waals surface area (Å²) in [6.45, 7) is 0.288. The van der Waals surface area contributed by atoms with Crippen molar-refractivity contribution >= 4 is 0 Å². The van der Waals surface area contributed by atoms with Crippen LogP contribution in [0.3, 0.4) is 0 Å². The topological polar surface area (TPSA) is 64.7 Å². The van der Waals surface area contributed by atoms with Gasteiger partial charge in [-0.25, -0.2) is 0 Å². The molecular weight excluding hydrogens is 245 g/mol. The van der Waals surface area contributed by atoms with E-state index in [-0.39, 0.29) is 6.54 Å². The Morgan fingerprint density at radius 3 is 2.50 bits per heavy atom. The lowest BCUT2D eigenvalue weighted by molar-refractivity contribution is -0.141. The molecule has 0 spiro atoms. The first kappa shape index (κ1) is 12.4. The summed E-state index contributed by atoms with van der Waals surface area (Å²) in [6.07, 6.45) is -1.82. The van der Waals surface area contributed by atoms with Crippen LogP contribution < -0.4 is 5.73 Å². The predicted octanol–water partition coefficient (Wildman–Crippen LogP) is 2.02. The van der Waals surface area contributed by atoms with Gasteiger partial charge in [-0.15, -0.1) is 0 Å². The Morgan fingerprint density at radius 1 is 1.17 bits per heavy atom. The molecule has 4 nitrogen and oxygen atoms in total. The molecule has 0 aliphatic carbocycles. The van der Waals surface area contributed by atoms with Crippen molar-refractivity contribution in [3.63, 3.8) is 0 Å². The molecule has 2 aromatic rings. The molecule has 0 saturated carbocycles. The maximum Gasteiger partial charge on any atom is 0.433 e. The Kier molecular flexibility index (Phi) is 3.24. The SMILES string of the molecule is NCc1cnnc(-c2ccc(C(F)(F)F)nc2)c1. The second kappa shape index (κ2) is 4.69. The van der Waals surface area contributed by atoms with Gasteiger partial charge in [-0.05, 0) is 23.8 Å². The summed E-state index contributed by atoms with van der Waals surface area (Å²) in [5.41, 5.74) is 6.17. The highest BCUT2D eigenvalue weighted by Gasteiger charge is 2.32. The molecule has 0 saturated heterocycles. The van der Waals surface area contributed by atoms with Gasteiger partial charge in [-0.1, -0.05) is 0 Å². The minimum absolute atomic E-state index is 0.288. The third kappa shape index (κ3) is 2.62. The molecular formula is C11H9F3N4. The lowest BCUT2D eigenvalue weighted by Crippen LogP contribution is -2.07. The van der Waals surface area contributed by atoms with E-state index in [2.05, 4.69) is 15.2 Å². The van der Waals surface area contributed by atoms with Crippen molar-refractivity contribution in [3.8, 4) is 11.3 Å². The van der Waals surface area contributed by atoms with Gasteiger partial charge in [0, 0.05) is 18.3 Å². The van der Waals surface area contributed by atoms with E-state index in [9.17, 15) is 13.2 Å². The number of nitrogens with zero attached hydrogens (tertiary/aromatic N) is 3.